The van der Waals surface area contributed by atoms with E-state index in [1.165, 1.54) is 6.07 Å². The van der Waals surface area contributed by atoms with Gasteiger partial charge in [0.05, 0.1) is 0 Å². The highest BCUT2D eigenvalue weighted by molar-refractivity contribution is 9.10. The Labute approximate surface area is 94.6 Å². The molecule has 0 spiro atoms. The molecule has 0 saturated carbocycles. The standard InChI is InChI=1S/C9H8BrClFNO/c10-7-1-2-8(12)6(3-7)5-13-9(14)4-11/h1-3H,4-5H2,(H,13,14). The molecule has 2 nitrogen and oxygen atoms in total. The van der Waals surface area contributed by atoms with Gasteiger partial charge in [0.1, 0.15) is 11.7 Å². The van der Waals surface area contributed by atoms with Gasteiger partial charge in [-0.3, -0.25) is 4.79 Å². The highest BCUT2D eigenvalue weighted by Gasteiger charge is 2.04. The van der Waals surface area contributed by atoms with Crippen molar-refractivity contribution in [2.24, 2.45) is 0 Å². The molecule has 0 fully saturated rings. The summed E-state index contributed by atoms with van der Waals surface area (Å²) in [4.78, 5) is 10.8. The lowest BCUT2D eigenvalue weighted by molar-refractivity contribution is -0.118. The minimum absolute atomic E-state index is 0.115. The van der Waals surface area contributed by atoms with Gasteiger partial charge in [0.2, 0.25) is 5.91 Å². The molecule has 5 heteroatoms. The summed E-state index contributed by atoms with van der Waals surface area (Å²) in [6, 6.07) is 4.55. The molecule has 0 aliphatic rings. The number of rotatable bonds is 3. The third-order valence-electron chi connectivity index (χ3n) is 1.61. The number of nitrogens with one attached hydrogen (secondary N) is 1. The molecule has 0 saturated heterocycles. The molecule has 14 heavy (non-hydrogen) atoms. The molecule has 1 aromatic rings. The van der Waals surface area contributed by atoms with Crippen molar-refractivity contribution in [3.8, 4) is 0 Å². The van der Waals surface area contributed by atoms with Crippen LogP contribution in [0.2, 0.25) is 0 Å². The predicted octanol–water partition coefficient (Wildman–Crippen LogP) is 2.44. The van der Waals surface area contributed by atoms with Crippen molar-refractivity contribution in [3.63, 3.8) is 0 Å². The van der Waals surface area contributed by atoms with Crippen LogP contribution < -0.4 is 5.32 Å². The zero-order chi connectivity index (χ0) is 10.6. The van der Waals surface area contributed by atoms with Gasteiger partial charge in [-0.25, -0.2) is 4.39 Å². The fourth-order valence-corrected chi connectivity index (χ4v) is 1.42. The Hall–Kier alpha value is -0.610. The summed E-state index contributed by atoms with van der Waals surface area (Å²) in [6.07, 6.45) is 0. The lowest BCUT2D eigenvalue weighted by Crippen LogP contribution is -2.24. The van der Waals surface area contributed by atoms with Crippen LogP contribution in [0.5, 0.6) is 0 Å². The lowest BCUT2D eigenvalue weighted by Gasteiger charge is -2.04. The van der Waals surface area contributed by atoms with Gasteiger partial charge >= 0.3 is 0 Å². The van der Waals surface area contributed by atoms with Gasteiger partial charge in [0, 0.05) is 16.6 Å². The molecule has 1 aromatic carbocycles. The van der Waals surface area contributed by atoms with Crippen LogP contribution in [0.25, 0.3) is 0 Å². The van der Waals surface area contributed by atoms with E-state index in [0.717, 1.165) is 4.47 Å². The number of amides is 1. The van der Waals surface area contributed by atoms with Crippen LogP contribution in [0.15, 0.2) is 22.7 Å². The van der Waals surface area contributed by atoms with Crippen molar-refractivity contribution < 1.29 is 9.18 Å². The van der Waals surface area contributed by atoms with Crippen molar-refractivity contribution in [2.75, 3.05) is 5.88 Å². The van der Waals surface area contributed by atoms with E-state index in [1.807, 2.05) is 0 Å². The summed E-state index contributed by atoms with van der Waals surface area (Å²) in [5, 5.41) is 2.48. The number of hydrogen-bond acceptors (Lipinski definition) is 1. The topological polar surface area (TPSA) is 29.1 Å². The van der Waals surface area contributed by atoms with Gasteiger partial charge in [-0.05, 0) is 18.2 Å². The molecule has 0 atom stereocenters. The van der Waals surface area contributed by atoms with Crippen LogP contribution in [-0.4, -0.2) is 11.8 Å². The maximum atomic E-state index is 13.1. The van der Waals surface area contributed by atoms with Gasteiger partial charge in [-0.2, -0.15) is 0 Å². The normalized spacial score (nSPS) is 9.93. The van der Waals surface area contributed by atoms with Crippen molar-refractivity contribution in [2.45, 2.75) is 6.54 Å². The van der Waals surface area contributed by atoms with Crippen LogP contribution in [0.3, 0.4) is 0 Å². The van der Waals surface area contributed by atoms with E-state index in [1.54, 1.807) is 12.1 Å². The first kappa shape index (κ1) is 11.5. The van der Waals surface area contributed by atoms with E-state index < -0.39 is 0 Å². The van der Waals surface area contributed by atoms with E-state index in [4.69, 9.17) is 11.6 Å². The van der Waals surface area contributed by atoms with Crippen molar-refractivity contribution in [1.82, 2.24) is 5.32 Å². The number of alkyl halides is 1. The molecule has 0 heterocycles. The number of carbonyl (C=O) groups is 1. The Morgan fingerprint density at radius 3 is 2.93 bits per heavy atom. The molecule has 1 rings (SSSR count). The van der Waals surface area contributed by atoms with Gasteiger partial charge in [0.25, 0.3) is 0 Å². The zero-order valence-corrected chi connectivity index (χ0v) is 9.53. The Morgan fingerprint density at radius 2 is 2.29 bits per heavy atom. The molecule has 1 amide bonds. The van der Waals surface area contributed by atoms with Crippen LogP contribution in [-0.2, 0) is 11.3 Å². The second kappa shape index (κ2) is 5.32. The summed E-state index contributed by atoms with van der Waals surface area (Å²) in [5.41, 5.74) is 0.429. The van der Waals surface area contributed by atoms with Gasteiger partial charge in [0.15, 0.2) is 0 Å². The summed E-state index contributed by atoms with van der Waals surface area (Å²) < 4.78 is 13.9. The van der Waals surface area contributed by atoms with E-state index in [-0.39, 0.29) is 24.1 Å². The molecule has 0 radical (unpaired) electrons. The minimum atomic E-state index is -0.344. The summed E-state index contributed by atoms with van der Waals surface area (Å²) in [7, 11) is 0. The summed E-state index contributed by atoms with van der Waals surface area (Å²) in [5.74, 6) is -0.774. The molecule has 1 N–H and O–H groups in total. The van der Waals surface area contributed by atoms with Crippen molar-refractivity contribution in [3.05, 3.63) is 34.1 Å². The van der Waals surface area contributed by atoms with Crippen LogP contribution in [0.1, 0.15) is 5.56 Å². The van der Waals surface area contributed by atoms with Crippen LogP contribution >= 0.6 is 27.5 Å². The summed E-state index contributed by atoms with van der Waals surface area (Å²) >= 11 is 8.49. The maximum absolute atomic E-state index is 13.1. The molecule has 76 valence electrons. The van der Waals surface area contributed by atoms with Crippen LogP contribution in [0, 0.1) is 5.82 Å². The molecular weight excluding hydrogens is 272 g/mol. The van der Waals surface area contributed by atoms with Crippen molar-refractivity contribution >= 4 is 33.4 Å². The molecular formula is C9H8BrClFNO. The second-order valence-electron chi connectivity index (χ2n) is 2.65. The van der Waals surface area contributed by atoms with E-state index >= 15 is 0 Å². The first-order valence-corrected chi connectivity index (χ1v) is 5.23. The van der Waals surface area contributed by atoms with Gasteiger partial charge < -0.3 is 5.32 Å². The highest BCUT2D eigenvalue weighted by Crippen LogP contribution is 2.15. The fourth-order valence-electron chi connectivity index (χ4n) is 0.920. The van der Waals surface area contributed by atoms with Crippen molar-refractivity contribution in [1.29, 1.82) is 0 Å². The Balaban J connectivity index is 2.66. The Morgan fingerprint density at radius 1 is 1.57 bits per heavy atom. The van der Waals surface area contributed by atoms with E-state index in [2.05, 4.69) is 21.2 Å². The number of halogens is 3. The number of hydrogen-bond donors (Lipinski definition) is 1. The Kier molecular flexibility index (Phi) is 4.35. The largest absolute Gasteiger partial charge is 0.351 e. The molecule has 0 aliphatic heterocycles. The average molecular weight is 281 g/mol. The fraction of sp³-hybridized carbons (Fsp3) is 0.222. The monoisotopic (exact) mass is 279 g/mol. The predicted molar refractivity (Wildman–Crippen MR) is 56.7 cm³/mol. The highest BCUT2D eigenvalue weighted by atomic mass is 79.9. The number of benzene rings is 1. The molecule has 0 aliphatic carbocycles. The molecule has 0 unspecified atom stereocenters. The SMILES string of the molecule is O=C(CCl)NCc1cc(Br)ccc1F. The minimum Gasteiger partial charge on any atom is -0.351 e. The molecule has 0 bridgehead atoms. The second-order valence-corrected chi connectivity index (χ2v) is 3.83. The third-order valence-corrected chi connectivity index (χ3v) is 2.34. The van der Waals surface area contributed by atoms with Crippen LogP contribution in [0.4, 0.5) is 4.39 Å². The van der Waals surface area contributed by atoms with Gasteiger partial charge in [-0.1, -0.05) is 15.9 Å². The number of carbonyl (C=O) groups excluding carboxylic acids is 1. The quantitative estimate of drug-likeness (QED) is 0.847. The Bertz CT molecular complexity index is 346. The maximum Gasteiger partial charge on any atom is 0.235 e. The van der Waals surface area contributed by atoms with Gasteiger partial charge in [-0.15, -0.1) is 11.6 Å². The van der Waals surface area contributed by atoms with E-state index in [0.29, 0.717) is 5.56 Å². The third kappa shape index (κ3) is 3.27. The first-order valence-electron chi connectivity index (χ1n) is 3.90. The zero-order valence-electron chi connectivity index (χ0n) is 7.19. The first-order chi connectivity index (χ1) is 6.63. The average Bonchev–Trinajstić information content (AvgIpc) is 2.19. The lowest BCUT2D eigenvalue weighted by atomic mass is 10.2. The molecule has 0 aromatic heterocycles. The van der Waals surface area contributed by atoms with E-state index in [9.17, 15) is 9.18 Å². The smallest absolute Gasteiger partial charge is 0.235 e. The summed E-state index contributed by atoms with van der Waals surface area (Å²) in [6.45, 7) is 0.150.